The Kier molecular flexibility index (Phi) is 3.61. The first-order valence-corrected chi connectivity index (χ1v) is 6.09. The number of amides is 1. The van der Waals surface area contributed by atoms with Crippen LogP contribution < -0.4 is 5.73 Å². The lowest BCUT2D eigenvalue weighted by Crippen LogP contribution is -2.35. The summed E-state index contributed by atoms with van der Waals surface area (Å²) in [6.45, 7) is 0.883. The highest BCUT2D eigenvalue weighted by Crippen LogP contribution is 2.26. The van der Waals surface area contributed by atoms with Crippen molar-refractivity contribution in [2.75, 3.05) is 19.3 Å². The second-order valence-electron chi connectivity index (χ2n) is 4.83. The van der Waals surface area contributed by atoms with E-state index in [0.717, 1.165) is 12.2 Å². The molecule has 1 aromatic heterocycles. The van der Waals surface area contributed by atoms with Crippen molar-refractivity contribution < 1.29 is 4.79 Å². The van der Waals surface area contributed by atoms with Crippen molar-refractivity contribution in [3.63, 3.8) is 0 Å². The number of pyridine rings is 1. The van der Waals surface area contributed by atoms with E-state index in [0.29, 0.717) is 18.0 Å². The van der Waals surface area contributed by atoms with Crippen LogP contribution >= 0.6 is 0 Å². The molecule has 2 N–H and O–H groups in total. The molecule has 2 rings (SSSR count). The molecule has 92 valence electrons. The average molecular weight is 233 g/mol. The molecule has 0 atom stereocenters. The van der Waals surface area contributed by atoms with Gasteiger partial charge >= 0.3 is 0 Å². The van der Waals surface area contributed by atoms with Gasteiger partial charge < -0.3 is 10.6 Å². The van der Waals surface area contributed by atoms with E-state index in [1.54, 1.807) is 12.3 Å². The van der Waals surface area contributed by atoms with Gasteiger partial charge in [-0.25, -0.2) is 0 Å². The van der Waals surface area contributed by atoms with E-state index < -0.39 is 0 Å². The van der Waals surface area contributed by atoms with Crippen molar-refractivity contribution in [1.82, 2.24) is 9.88 Å². The van der Waals surface area contributed by atoms with Crippen LogP contribution in [0.4, 0.5) is 5.69 Å². The first kappa shape index (κ1) is 11.9. The second-order valence-corrected chi connectivity index (χ2v) is 4.83. The molecule has 1 heterocycles. The minimum atomic E-state index is 0.133. The van der Waals surface area contributed by atoms with Gasteiger partial charge in [0.25, 0.3) is 0 Å². The van der Waals surface area contributed by atoms with Crippen LogP contribution in [-0.4, -0.2) is 29.4 Å². The Bertz CT molecular complexity index is 384. The highest BCUT2D eigenvalue weighted by Gasteiger charge is 2.21. The molecule has 1 fully saturated rings. The number of aromatic nitrogens is 1. The van der Waals surface area contributed by atoms with Crippen LogP contribution in [0.3, 0.4) is 0 Å². The summed E-state index contributed by atoms with van der Waals surface area (Å²) < 4.78 is 0. The van der Waals surface area contributed by atoms with E-state index in [-0.39, 0.29) is 5.91 Å². The third-order valence-electron chi connectivity index (χ3n) is 3.36. The number of nitrogens with zero attached hydrogens (tertiary/aromatic N) is 2. The monoisotopic (exact) mass is 233 g/mol. The summed E-state index contributed by atoms with van der Waals surface area (Å²) in [5.74, 6) is 0.845. The van der Waals surface area contributed by atoms with Gasteiger partial charge in [0.05, 0.1) is 18.3 Å². The number of hydrogen-bond donors (Lipinski definition) is 1. The fraction of sp³-hybridized carbons (Fsp3) is 0.538. The van der Waals surface area contributed by atoms with E-state index in [1.165, 1.54) is 19.3 Å². The zero-order valence-electron chi connectivity index (χ0n) is 10.2. The number of nitrogen functional groups attached to an aromatic ring is 1. The molecule has 0 bridgehead atoms. The quantitative estimate of drug-likeness (QED) is 0.856. The van der Waals surface area contributed by atoms with Gasteiger partial charge in [0.2, 0.25) is 5.91 Å². The van der Waals surface area contributed by atoms with Gasteiger partial charge in [0.1, 0.15) is 0 Å². The molecular formula is C13H19N3O. The third-order valence-corrected chi connectivity index (χ3v) is 3.36. The number of hydrogen-bond acceptors (Lipinski definition) is 3. The maximum absolute atomic E-state index is 11.9. The molecule has 0 spiro atoms. The van der Waals surface area contributed by atoms with Gasteiger partial charge in [-0.05, 0) is 30.9 Å². The topological polar surface area (TPSA) is 59.2 Å². The van der Waals surface area contributed by atoms with Crippen molar-refractivity contribution in [3.8, 4) is 0 Å². The van der Waals surface area contributed by atoms with Crippen LogP contribution in [-0.2, 0) is 11.2 Å². The molecule has 4 heteroatoms. The summed E-state index contributed by atoms with van der Waals surface area (Å²) in [6, 6.07) is 3.59. The predicted octanol–water partition coefficient (Wildman–Crippen LogP) is 1.46. The van der Waals surface area contributed by atoms with Crippen molar-refractivity contribution in [2.24, 2.45) is 5.92 Å². The van der Waals surface area contributed by atoms with Gasteiger partial charge in [-0.1, -0.05) is 6.42 Å². The fourth-order valence-electron chi connectivity index (χ4n) is 1.99. The first-order chi connectivity index (χ1) is 8.15. The second kappa shape index (κ2) is 5.17. The number of nitrogens with two attached hydrogens (primary N) is 1. The Hall–Kier alpha value is -1.58. The third kappa shape index (κ3) is 3.19. The number of carbonyl (C=O) groups excluding carboxylic acids is 1. The molecule has 0 unspecified atom stereocenters. The van der Waals surface area contributed by atoms with Crippen LogP contribution in [0.2, 0.25) is 0 Å². The van der Waals surface area contributed by atoms with Crippen molar-refractivity contribution in [3.05, 3.63) is 24.0 Å². The molecule has 0 radical (unpaired) electrons. The van der Waals surface area contributed by atoms with Crippen LogP contribution in [0.5, 0.6) is 0 Å². The van der Waals surface area contributed by atoms with Gasteiger partial charge in [-0.3, -0.25) is 9.78 Å². The summed E-state index contributed by atoms with van der Waals surface area (Å²) >= 11 is 0. The first-order valence-electron chi connectivity index (χ1n) is 6.09. The minimum Gasteiger partial charge on any atom is -0.397 e. The lowest BCUT2D eigenvalue weighted by Gasteiger charge is -2.30. The van der Waals surface area contributed by atoms with E-state index in [4.69, 9.17) is 5.73 Å². The van der Waals surface area contributed by atoms with Crippen molar-refractivity contribution in [2.45, 2.75) is 25.7 Å². The van der Waals surface area contributed by atoms with Gasteiger partial charge in [-0.2, -0.15) is 0 Å². The highest BCUT2D eigenvalue weighted by molar-refractivity contribution is 5.78. The molecule has 0 saturated heterocycles. The van der Waals surface area contributed by atoms with Crippen LogP contribution in [0.25, 0.3) is 0 Å². The summed E-state index contributed by atoms with van der Waals surface area (Å²) in [6.07, 6.45) is 5.79. The number of anilines is 1. The van der Waals surface area contributed by atoms with Gasteiger partial charge in [0.15, 0.2) is 0 Å². The summed E-state index contributed by atoms with van der Waals surface area (Å²) in [4.78, 5) is 17.9. The SMILES string of the molecule is CN(CC1CCC1)C(=O)Cc1ccc(N)cn1. The largest absolute Gasteiger partial charge is 0.397 e. The Morgan fingerprint density at radius 2 is 2.29 bits per heavy atom. The summed E-state index contributed by atoms with van der Waals surface area (Å²) in [5, 5.41) is 0. The van der Waals surface area contributed by atoms with E-state index in [1.807, 2.05) is 18.0 Å². The zero-order valence-corrected chi connectivity index (χ0v) is 10.2. The molecule has 0 aliphatic heterocycles. The maximum atomic E-state index is 11.9. The highest BCUT2D eigenvalue weighted by atomic mass is 16.2. The van der Waals surface area contributed by atoms with Gasteiger partial charge in [-0.15, -0.1) is 0 Å². The predicted molar refractivity (Wildman–Crippen MR) is 67.3 cm³/mol. The molecular weight excluding hydrogens is 214 g/mol. The number of carbonyl (C=O) groups is 1. The molecule has 1 saturated carbocycles. The Balaban J connectivity index is 1.84. The average Bonchev–Trinajstić information content (AvgIpc) is 2.26. The molecule has 1 aliphatic carbocycles. The Labute approximate surface area is 102 Å². The standard InChI is InChI=1S/C13H19N3O/c1-16(9-10-3-2-4-10)13(17)7-12-6-5-11(14)8-15-12/h5-6,8,10H,2-4,7,9,14H2,1H3. The van der Waals surface area contributed by atoms with Crippen LogP contribution in [0.1, 0.15) is 25.0 Å². The summed E-state index contributed by atoms with van der Waals surface area (Å²) in [5.41, 5.74) is 6.96. The summed E-state index contributed by atoms with van der Waals surface area (Å²) in [7, 11) is 1.87. The Morgan fingerprint density at radius 1 is 1.53 bits per heavy atom. The normalized spacial score (nSPS) is 15.4. The maximum Gasteiger partial charge on any atom is 0.228 e. The minimum absolute atomic E-state index is 0.133. The molecule has 17 heavy (non-hydrogen) atoms. The van der Waals surface area contributed by atoms with Crippen LogP contribution in [0, 0.1) is 5.92 Å². The van der Waals surface area contributed by atoms with Crippen LogP contribution in [0.15, 0.2) is 18.3 Å². The molecule has 1 aliphatic rings. The molecule has 4 nitrogen and oxygen atoms in total. The lowest BCUT2D eigenvalue weighted by molar-refractivity contribution is -0.130. The Morgan fingerprint density at radius 3 is 2.82 bits per heavy atom. The van der Waals surface area contributed by atoms with Crippen molar-refractivity contribution in [1.29, 1.82) is 0 Å². The number of rotatable bonds is 4. The lowest BCUT2D eigenvalue weighted by atomic mass is 9.85. The number of likely N-dealkylation sites (N-methyl/N-ethyl adjacent to an activating group) is 1. The fourth-order valence-corrected chi connectivity index (χ4v) is 1.99. The molecule has 0 aromatic carbocycles. The van der Waals surface area contributed by atoms with E-state index in [9.17, 15) is 4.79 Å². The molecule has 1 aromatic rings. The van der Waals surface area contributed by atoms with Gasteiger partial charge in [0, 0.05) is 19.3 Å². The van der Waals surface area contributed by atoms with Crippen molar-refractivity contribution >= 4 is 11.6 Å². The smallest absolute Gasteiger partial charge is 0.228 e. The molecule has 1 amide bonds. The van der Waals surface area contributed by atoms with E-state index in [2.05, 4.69) is 4.98 Å². The zero-order chi connectivity index (χ0) is 12.3. The van der Waals surface area contributed by atoms with E-state index >= 15 is 0 Å².